The van der Waals surface area contributed by atoms with Crippen LogP contribution in [0.2, 0.25) is 5.02 Å². The van der Waals surface area contributed by atoms with Gasteiger partial charge in [-0.3, -0.25) is 4.79 Å². The summed E-state index contributed by atoms with van der Waals surface area (Å²) in [4.78, 5) is 21.9. The van der Waals surface area contributed by atoms with Crippen molar-refractivity contribution in [3.63, 3.8) is 0 Å². The first-order valence-corrected chi connectivity index (χ1v) is 10.7. The molecule has 5 nitrogen and oxygen atoms in total. The highest BCUT2D eigenvalue weighted by Crippen LogP contribution is 2.29. The molecule has 0 radical (unpaired) electrons. The molecule has 28 heavy (non-hydrogen) atoms. The summed E-state index contributed by atoms with van der Waals surface area (Å²) in [5.74, 6) is 0.169. The van der Waals surface area contributed by atoms with Gasteiger partial charge in [-0.25, -0.2) is 4.98 Å². The Morgan fingerprint density at radius 2 is 1.82 bits per heavy atom. The fourth-order valence-corrected chi connectivity index (χ4v) is 4.69. The molecule has 146 valence electrons. The van der Waals surface area contributed by atoms with Crippen LogP contribution in [0.1, 0.15) is 6.92 Å². The molecular formula is C21H23ClN4OS. The number of anilines is 1. The number of benzene rings is 2. The molecule has 2 heterocycles. The van der Waals surface area contributed by atoms with Crippen molar-refractivity contribution in [3.05, 3.63) is 53.6 Å². The number of amides is 1. The summed E-state index contributed by atoms with van der Waals surface area (Å²) in [7, 11) is 1.97. The maximum atomic E-state index is 13.0. The van der Waals surface area contributed by atoms with Gasteiger partial charge in [0.25, 0.3) is 0 Å². The molecule has 0 spiro atoms. The van der Waals surface area contributed by atoms with Crippen molar-refractivity contribution >= 4 is 46.0 Å². The zero-order chi connectivity index (χ0) is 19.7. The Hall–Kier alpha value is -2.18. The Morgan fingerprint density at radius 3 is 2.54 bits per heavy atom. The van der Waals surface area contributed by atoms with Crippen LogP contribution in [0.5, 0.6) is 0 Å². The average Bonchev–Trinajstić information content (AvgIpc) is 3.02. The third kappa shape index (κ3) is 3.84. The molecule has 0 saturated carbocycles. The molecule has 1 atom stereocenters. The third-order valence-corrected chi connectivity index (χ3v) is 6.51. The standard InChI is InChI=1S/C21H23ClN4OS/c1-15(28-21-23-18-14-16(22)8-9-19(18)24(21)2)20(27)26-12-10-25(11-13-26)17-6-4-3-5-7-17/h3-9,14-15H,10-13H2,1-2H3/t15-/m1/s1. The number of aryl methyl sites for hydroxylation is 1. The minimum absolute atomic E-state index is 0.169. The van der Waals surface area contributed by atoms with Gasteiger partial charge in [0, 0.05) is 43.9 Å². The lowest BCUT2D eigenvalue weighted by Crippen LogP contribution is -2.50. The minimum Gasteiger partial charge on any atom is -0.368 e. The summed E-state index contributed by atoms with van der Waals surface area (Å²) in [6, 6.07) is 16.0. The van der Waals surface area contributed by atoms with Crippen LogP contribution in [0.4, 0.5) is 5.69 Å². The highest BCUT2D eigenvalue weighted by atomic mass is 35.5. The van der Waals surface area contributed by atoms with Crippen molar-refractivity contribution in [2.24, 2.45) is 7.05 Å². The fourth-order valence-electron chi connectivity index (χ4n) is 3.55. The van der Waals surface area contributed by atoms with E-state index in [0.29, 0.717) is 5.02 Å². The largest absolute Gasteiger partial charge is 0.368 e. The highest BCUT2D eigenvalue weighted by Gasteiger charge is 2.26. The van der Waals surface area contributed by atoms with Crippen LogP contribution in [0, 0.1) is 0 Å². The van der Waals surface area contributed by atoms with Crippen LogP contribution in [0.15, 0.2) is 53.7 Å². The summed E-state index contributed by atoms with van der Waals surface area (Å²) in [6.07, 6.45) is 0. The summed E-state index contributed by atoms with van der Waals surface area (Å²) in [5, 5.41) is 1.32. The van der Waals surface area contributed by atoms with E-state index in [4.69, 9.17) is 11.6 Å². The van der Waals surface area contributed by atoms with Crippen molar-refractivity contribution in [3.8, 4) is 0 Å². The Balaban J connectivity index is 1.40. The molecule has 0 aliphatic carbocycles. The van der Waals surface area contributed by atoms with Gasteiger partial charge in [0.15, 0.2) is 5.16 Å². The number of hydrogen-bond donors (Lipinski definition) is 0. The molecule has 3 aromatic rings. The first-order chi connectivity index (χ1) is 13.5. The number of hydrogen-bond acceptors (Lipinski definition) is 4. The van der Waals surface area contributed by atoms with Gasteiger partial charge in [-0.05, 0) is 37.3 Å². The number of carbonyl (C=O) groups excluding carboxylic acids is 1. The Labute approximate surface area is 174 Å². The van der Waals surface area contributed by atoms with E-state index in [1.165, 1.54) is 17.4 Å². The first kappa shape index (κ1) is 19.2. The zero-order valence-corrected chi connectivity index (χ0v) is 17.6. The number of thioether (sulfide) groups is 1. The van der Waals surface area contributed by atoms with E-state index < -0.39 is 0 Å². The van der Waals surface area contributed by atoms with Crippen molar-refractivity contribution < 1.29 is 4.79 Å². The third-order valence-electron chi connectivity index (χ3n) is 5.14. The predicted molar refractivity (Wildman–Crippen MR) is 116 cm³/mol. The fraction of sp³-hybridized carbons (Fsp3) is 0.333. The Morgan fingerprint density at radius 1 is 1.11 bits per heavy atom. The van der Waals surface area contributed by atoms with Crippen molar-refractivity contribution in [1.82, 2.24) is 14.5 Å². The van der Waals surface area contributed by atoms with Gasteiger partial charge in [-0.2, -0.15) is 0 Å². The molecule has 1 fully saturated rings. The van der Waals surface area contributed by atoms with Crippen LogP contribution < -0.4 is 4.90 Å². The highest BCUT2D eigenvalue weighted by molar-refractivity contribution is 8.00. The second-order valence-corrected chi connectivity index (χ2v) is 8.74. The Bertz CT molecular complexity index is 983. The monoisotopic (exact) mass is 414 g/mol. The van der Waals surface area contributed by atoms with Crippen molar-refractivity contribution in [2.75, 3.05) is 31.1 Å². The van der Waals surface area contributed by atoms with E-state index >= 15 is 0 Å². The summed E-state index contributed by atoms with van der Waals surface area (Å²) in [6.45, 7) is 5.17. The van der Waals surface area contributed by atoms with E-state index in [9.17, 15) is 4.79 Å². The van der Waals surface area contributed by atoms with E-state index in [-0.39, 0.29) is 11.2 Å². The molecule has 1 saturated heterocycles. The number of nitrogens with zero attached hydrogens (tertiary/aromatic N) is 4. The maximum absolute atomic E-state index is 13.0. The van der Waals surface area contributed by atoms with E-state index in [1.807, 2.05) is 47.7 Å². The lowest BCUT2D eigenvalue weighted by Gasteiger charge is -2.37. The van der Waals surface area contributed by atoms with Gasteiger partial charge in [0.1, 0.15) is 0 Å². The van der Waals surface area contributed by atoms with Gasteiger partial charge >= 0.3 is 0 Å². The number of para-hydroxylation sites is 1. The molecular weight excluding hydrogens is 392 g/mol. The van der Waals surface area contributed by atoms with Crippen molar-refractivity contribution in [1.29, 1.82) is 0 Å². The summed E-state index contributed by atoms with van der Waals surface area (Å²) < 4.78 is 2.02. The van der Waals surface area contributed by atoms with Crippen LogP contribution >= 0.6 is 23.4 Å². The molecule has 2 aromatic carbocycles. The molecule has 0 N–H and O–H groups in total. The quantitative estimate of drug-likeness (QED) is 0.604. The second kappa shape index (κ2) is 8.05. The molecule has 1 aromatic heterocycles. The number of fused-ring (bicyclic) bond motifs is 1. The van der Waals surface area contributed by atoms with Gasteiger partial charge < -0.3 is 14.4 Å². The molecule has 0 unspecified atom stereocenters. The van der Waals surface area contributed by atoms with E-state index in [2.05, 4.69) is 34.1 Å². The van der Waals surface area contributed by atoms with Gasteiger partial charge in [-0.15, -0.1) is 0 Å². The zero-order valence-electron chi connectivity index (χ0n) is 16.0. The number of imidazole rings is 1. The number of piperazine rings is 1. The molecule has 7 heteroatoms. The van der Waals surface area contributed by atoms with Crippen molar-refractivity contribution in [2.45, 2.75) is 17.3 Å². The molecule has 1 aliphatic rings. The molecule has 1 aliphatic heterocycles. The maximum Gasteiger partial charge on any atom is 0.236 e. The minimum atomic E-state index is -0.186. The molecule has 0 bridgehead atoms. The normalized spacial score (nSPS) is 15.8. The topological polar surface area (TPSA) is 41.4 Å². The average molecular weight is 415 g/mol. The number of halogens is 1. The van der Waals surface area contributed by atoms with Crippen LogP contribution in [-0.4, -0.2) is 51.8 Å². The number of rotatable bonds is 4. The van der Waals surface area contributed by atoms with E-state index in [1.54, 1.807) is 0 Å². The van der Waals surface area contributed by atoms with Gasteiger partial charge in [0.2, 0.25) is 5.91 Å². The van der Waals surface area contributed by atoms with Gasteiger partial charge in [-0.1, -0.05) is 41.6 Å². The van der Waals surface area contributed by atoms with Crippen LogP contribution in [0.3, 0.4) is 0 Å². The van der Waals surface area contributed by atoms with Crippen LogP contribution in [0.25, 0.3) is 11.0 Å². The molecule has 1 amide bonds. The summed E-state index contributed by atoms with van der Waals surface area (Å²) >= 11 is 7.58. The second-order valence-electron chi connectivity index (χ2n) is 6.99. The predicted octanol–water partition coefficient (Wildman–Crippen LogP) is 4.06. The lowest BCUT2D eigenvalue weighted by molar-refractivity contribution is -0.130. The summed E-state index contributed by atoms with van der Waals surface area (Å²) in [5.41, 5.74) is 3.09. The van der Waals surface area contributed by atoms with Crippen LogP contribution in [-0.2, 0) is 11.8 Å². The Kier molecular flexibility index (Phi) is 5.51. The van der Waals surface area contributed by atoms with Gasteiger partial charge in [0.05, 0.1) is 16.3 Å². The number of aromatic nitrogens is 2. The van der Waals surface area contributed by atoms with E-state index in [0.717, 1.165) is 42.4 Å². The smallest absolute Gasteiger partial charge is 0.236 e. The SMILES string of the molecule is C[C@@H](Sc1nc2cc(Cl)ccc2n1C)C(=O)N1CCN(c2ccccc2)CC1. The molecule has 4 rings (SSSR count). The number of carbonyl (C=O) groups is 1. The lowest BCUT2D eigenvalue weighted by atomic mass is 10.2. The first-order valence-electron chi connectivity index (χ1n) is 9.40.